The van der Waals surface area contributed by atoms with Crippen LogP contribution in [0.2, 0.25) is 0 Å². The van der Waals surface area contributed by atoms with Crippen molar-refractivity contribution in [1.82, 2.24) is 5.32 Å². The van der Waals surface area contributed by atoms with Gasteiger partial charge in [-0.1, -0.05) is 61.5 Å². The van der Waals surface area contributed by atoms with Crippen molar-refractivity contribution in [1.29, 1.82) is 0 Å². The van der Waals surface area contributed by atoms with Gasteiger partial charge in [-0.3, -0.25) is 0 Å². The second kappa shape index (κ2) is 8.13. The first kappa shape index (κ1) is 18.1. The van der Waals surface area contributed by atoms with Gasteiger partial charge in [0.05, 0.1) is 18.3 Å². The van der Waals surface area contributed by atoms with Gasteiger partial charge < -0.3 is 15.2 Å². The Bertz CT molecular complexity index is 663. The van der Waals surface area contributed by atoms with E-state index in [-0.39, 0.29) is 6.10 Å². The van der Waals surface area contributed by atoms with Crippen LogP contribution in [-0.4, -0.2) is 36.5 Å². The minimum Gasteiger partial charge on any atom is -0.387 e. The lowest BCUT2D eigenvalue weighted by molar-refractivity contribution is -0.118. The molecular formula is C22H29NO2. The molecule has 0 bridgehead atoms. The summed E-state index contributed by atoms with van der Waals surface area (Å²) < 4.78 is 5.77. The van der Waals surface area contributed by atoms with E-state index in [1.807, 2.05) is 13.0 Å². The summed E-state index contributed by atoms with van der Waals surface area (Å²) in [7, 11) is 0. The lowest BCUT2D eigenvalue weighted by Gasteiger charge is -2.37. The van der Waals surface area contributed by atoms with Crippen molar-refractivity contribution in [2.75, 3.05) is 19.7 Å². The van der Waals surface area contributed by atoms with E-state index in [9.17, 15) is 5.11 Å². The van der Waals surface area contributed by atoms with E-state index < -0.39 is 5.60 Å². The molecule has 2 aromatic carbocycles. The molecule has 1 aliphatic heterocycles. The number of nitrogens with one attached hydrogen (secondary N) is 1. The summed E-state index contributed by atoms with van der Waals surface area (Å²) in [6, 6.07) is 19.1. The van der Waals surface area contributed by atoms with E-state index in [0.717, 1.165) is 25.9 Å². The Hall–Kier alpha value is -1.68. The minimum atomic E-state index is -0.811. The topological polar surface area (TPSA) is 41.5 Å². The van der Waals surface area contributed by atoms with Crippen molar-refractivity contribution in [2.24, 2.45) is 5.92 Å². The van der Waals surface area contributed by atoms with Crippen LogP contribution >= 0.6 is 0 Å². The van der Waals surface area contributed by atoms with Gasteiger partial charge in [-0.2, -0.15) is 0 Å². The van der Waals surface area contributed by atoms with Crippen LogP contribution in [0, 0.1) is 5.92 Å². The van der Waals surface area contributed by atoms with Crippen molar-refractivity contribution in [3.05, 3.63) is 60.2 Å². The average Bonchev–Trinajstić information content (AvgIpc) is 2.63. The third kappa shape index (κ3) is 4.69. The van der Waals surface area contributed by atoms with Crippen LogP contribution in [0.4, 0.5) is 0 Å². The van der Waals surface area contributed by atoms with Crippen LogP contribution in [0.1, 0.15) is 25.8 Å². The predicted octanol–water partition coefficient (Wildman–Crippen LogP) is 3.66. The summed E-state index contributed by atoms with van der Waals surface area (Å²) >= 11 is 0. The lowest BCUT2D eigenvalue weighted by atomic mass is 9.83. The van der Waals surface area contributed by atoms with Crippen LogP contribution in [0.5, 0.6) is 0 Å². The normalized spacial score (nSPS) is 21.5. The number of aliphatic hydroxyl groups is 1. The van der Waals surface area contributed by atoms with Gasteiger partial charge in [0.2, 0.25) is 0 Å². The van der Waals surface area contributed by atoms with Crippen LogP contribution in [-0.2, 0) is 11.2 Å². The smallest absolute Gasteiger partial charge is 0.0983 e. The third-order valence-electron chi connectivity index (χ3n) is 5.05. The van der Waals surface area contributed by atoms with Gasteiger partial charge in [0.25, 0.3) is 0 Å². The number of hydrogen-bond acceptors (Lipinski definition) is 3. The molecule has 134 valence electrons. The van der Waals surface area contributed by atoms with E-state index in [2.05, 4.69) is 60.8 Å². The number of ether oxygens (including phenoxy) is 1. The summed E-state index contributed by atoms with van der Waals surface area (Å²) in [6.45, 7) is 6.38. The van der Waals surface area contributed by atoms with E-state index in [1.165, 1.54) is 16.7 Å². The number of morpholine rings is 1. The van der Waals surface area contributed by atoms with E-state index in [0.29, 0.717) is 12.5 Å². The van der Waals surface area contributed by atoms with Gasteiger partial charge in [-0.25, -0.2) is 0 Å². The SMILES string of the molecule is CC(Cc1ccccc1-c1ccccc1)CC(C)(O)C1CNCCO1. The number of rotatable bonds is 6. The Labute approximate surface area is 151 Å². The summed E-state index contributed by atoms with van der Waals surface area (Å²) in [6.07, 6.45) is 1.54. The second-order valence-electron chi connectivity index (χ2n) is 7.46. The molecule has 25 heavy (non-hydrogen) atoms. The van der Waals surface area contributed by atoms with Gasteiger partial charge in [0.15, 0.2) is 0 Å². The molecule has 3 nitrogen and oxygen atoms in total. The fourth-order valence-corrected chi connectivity index (χ4v) is 3.85. The molecule has 1 heterocycles. The Morgan fingerprint density at radius 3 is 2.60 bits per heavy atom. The zero-order valence-electron chi connectivity index (χ0n) is 15.2. The van der Waals surface area contributed by atoms with Gasteiger partial charge in [0.1, 0.15) is 0 Å². The highest BCUT2D eigenvalue weighted by atomic mass is 16.5. The summed E-state index contributed by atoms with van der Waals surface area (Å²) in [5.41, 5.74) is 3.05. The van der Waals surface area contributed by atoms with Gasteiger partial charge >= 0.3 is 0 Å². The molecule has 3 heteroatoms. The lowest BCUT2D eigenvalue weighted by Crippen LogP contribution is -2.52. The molecule has 0 amide bonds. The molecule has 2 aromatic rings. The molecule has 0 saturated carbocycles. The Morgan fingerprint density at radius 1 is 1.16 bits per heavy atom. The molecule has 3 rings (SSSR count). The van der Waals surface area contributed by atoms with Crippen LogP contribution in [0.15, 0.2) is 54.6 Å². The first-order valence-electron chi connectivity index (χ1n) is 9.24. The molecule has 1 fully saturated rings. The molecule has 0 aliphatic carbocycles. The highest BCUT2D eigenvalue weighted by molar-refractivity contribution is 5.67. The van der Waals surface area contributed by atoms with Crippen LogP contribution in [0.25, 0.3) is 11.1 Å². The zero-order chi connectivity index (χ0) is 17.7. The van der Waals surface area contributed by atoms with Crippen molar-refractivity contribution in [2.45, 2.75) is 38.4 Å². The maximum Gasteiger partial charge on any atom is 0.0983 e. The fraction of sp³-hybridized carbons (Fsp3) is 0.455. The molecule has 1 aliphatic rings. The average molecular weight is 339 g/mol. The number of hydrogen-bond donors (Lipinski definition) is 2. The van der Waals surface area contributed by atoms with Crippen molar-refractivity contribution >= 4 is 0 Å². The summed E-state index contributed by atoms with van der Waals surface area (Å²) in [5, 5.41) is 14.2. The largest absolute Gasteiger partial charge is 0.387 e. The van der Waals surface area contributed by atoms with E-state index >= 15 is 0 Å². The van der Waals surface area contributed by atoms with Gasteiger partial charge in [-0.15, -0.1) is 0 Å². The Balaban J connectivity index is 1.70. The first-order chi connectivity index (χ1) is 12.1. The van der Waals surface area contributed by atoms with Gasteiger partial charge in [-0.05, 0) is 42.4 Å². The molecule has 0 radical (unpaired) electrons. The van der Waals surface area contributed by atoms with Crippen LogP contribution in [0.3, 0.4) is 0 Å². The quantitative estimate of drug-likeness (QED) is 0.844. The molecule has 3 unspecified atom stereocenters. The van der Waals surface area contributed by atoms with Crippen molar-refractivity contribution in [3.8, 4) is 11.1 Å². The second-order valence-corrected chi connectivity index (χ2v) is 7.46. The monoisotopic (exact) mass is 339 g/mol. The first-order valence-corrected chi connectivity index (χ1v) is 9.24. The summed E-state index contributed by atoms with van der Waals surface area (Å²) in [4.78, 5) is 0. The minimum absolute atomic E-state index is 0.131. The molecule has 2 N–H and O–H groups in total. The van der Waals surface area contributed by atoms with Crippen molar-refractivity contribution < 1.29 is 9.84 Å². The maximum absolute atomic E-state index is 10.9. The maximum atomic E-state index is 10.9. The molecule has 0 spiro atoms. The Morgan fingerprint density at radius 2 is 1.88 bits per heavy atom. The molecular weight excluding hydrogens is 310 g/mol. The van der Waals surface area contributed by atoms with E-state index in [4.69, 9.17) is 4.74 Å². The third-order valence-corrected chi connectivity index (χ3v) is 5.05. The highest BCUT2D eigenvalue weighted by Gasteiger charge is 2.35. The van der Waals surface area contributed by atoms with Gasteiger partial charge in [0, 0.05) is 13.1 Å². The van der Waals surface area contributed by atoms with Crippen molar-refractivity contribution in [3.63, 3.8) is 0 Å². The zero-order valence-corrected chi connectivity index (χ0v) is 15.2. The molecule has 0 aromatic heterocycles. The standard InChI is InChI=1S/C22H29NO2/c1-17(15-22(2,24)21-16-23-12-13-25-21)14-19-10-6-7-11-20(19)18-8-4-3-5-9-18/h3-11,17,21,23-24H,12-16H2,1-2H3. The highest BCUT2D eigenvalue weighted by Crippen LogP contribution is 2.29. The van der Waals surface area contributed by atoms with E-state index in [1.54, 1.807) is 0 Å². The fourth-order valence-electron chi connectivity index (χ4n) is 3.85. The predicted molar refractivity (Wildman–Crippen MR) is 103 cm³/mol. The van der Waals surface area contributed by atoms with Crippen LogP contribution < -0.4 is 5.32 Å². The molecule has 3 atom stereocenters. The number of benzene rings is 2. The molecule has 1 saturated heterocycles. The summed E-state index contributed by atoms with van der Waals surface area (Å²) in [5.74, 6) is 0.366. The Kier molecular flexibility index (Phi) is 5.89.